The van der Waals surface area contributed by atoms with E-state index in [1.807, 2.05) is 0 Å². The predicted octanol–water partition coefficient (Wildman–Crippen LogP) is 4.28. The molecule has 1 aliphatic heterocycles. The average molecular weight is 460 g/mol. The second-order valence-corrected chi connectivity index (χ2v) is 6.59. The minimum absolute atomic E-state index is 0.115. The fourth-order valence-electron chi connectivity index (χ4n) is 2.68. The number of anilines is 2. The molecular formula is C22H24ClFN4O3. The van der Waals surface area contributed by atoms with E-state index in [0.29, 0.717) is 0 Å². The third kappa shape index (κ3) is 5.33. The van der Waals surface area contributed by atoms with Crippen molar-refractivity contribution in [3.8, 4) is 11.5 Å². The fourth-order valence-corrected chi connectivity index (χ4v) is 2.82. The molecule has 0 radical (unpaired) electrons. The normalized spacial score (nSPS) is 24.3. The highest BCUT2D eigenvalue weighted by atomic mass is 35.5. The largest absolute Gasteiger partial charge is 0.493 e. The Morgan fingerprint density at radius 1 is 1.29 bits per heavy atom. The van der Waals surface area contributed by atoms with Crippen LogP contribution in [0.5, 0.6) is 11.5 Å². The lowest BCUT2D eigenvalue weighted by atomic mass is 10.2. The number of fused-ring (bicyclic) bond motifs is 1. The number of methoxy groups -OCH3 is 1. The van der Waals surface area contributed by atoms with Gasteiger partial charge in [-0.05, 0) is 30.6 Å². The molecule has 1 fully saturated rings. The summed E-state index contributed by atoms with van der Waals surface area (Å²) in [4.78, 5) is 9.16. The van der Waals surface area contributed by atoms with Gasteiger partial charge in [-0.15, -0.1) is 0 Å². The first kappa shape index (κ1) is 10.8. The molecule has 0 saturated carbocycles. The van der Waals surface area contributed by atoms with Crippen molar-refractivity contribution in [2.45, 2.75) is 6.42 Å². The number of morpholine rings is 1. The Morgan fingerprint density at radius 2 is 2.16 bits per heavy atom. The van der Waals surface area contributed by atoms with E-state index in [2.05, 4.69) is 15.3 Å². The van der Waals surface area contributed by atoms with Crippen molar-refractivity contribution < 1.29 is 36.4 Å². The molecule has 3 aromatic rings. The highest BCUT2D eigenvalue weighted by Crippen LogP contribution is 2.35. The van der Waals surface area contributed by atoms with E-state index in [9.17, 15) is 4.39 Å². The first-order valence-corrected chi connectivity index (χ1v) is 9.37. The minimum atomic E-state index is -3.10. The van der Waals surface area contributed by atoms with Crippen LogP contribution in [-0.4, -0.2) is 61.3 Å². The standard InChI is InChI=1S/C22H24ClFN4O3/c1-29-20-13-19-16(12-21(20)31-8-2-5-28-6-9-30-10-7-28)22(26-14-25-19)27-15-3-4-18(24)17(23)11-15/h3-4,11-14H,2,5-10H2,1H3,(H,25,26,27)/i1D3,3D,4D,9D2,10D2,11D,12D,13D,14D. The third-order valence-corrected chi connectivity index (χ3v) is 4.39. The van der Waals surface area contributed by atoms with Crippen LogP contribution in [0.15, 0.2) is 36.5 Å². The van der Waals surface area contributed by atoms with E-state index in [-0.39, 0.29) is 38.0 Å². The Hall–Kier alpha value is -2.68. The summed E-state index contributed by atoms with van der Waals surface area (Å²) in [6, 6.07) is -3.77. The van der Waals surface area contributed by atoms with Crippen LogP contribution in [-0.2, 0) is 4.74 Å². The quantitative estimate of drug-likeness (QED) is 0.504. The van der Waals surface area contributed by atoms with Crippen LogP contribution < -0.4 is 14.8 Å². The second-order valence-electron chi connectivity index (χ2n) is 6.21. The molecule has 164 valence electrons. The van der Waals surface area contributed by atoms with Crippen LogP contribution in [0, 0.1) is 5.82 Å². The van der Waals surface area contributed by atoms with Crippen molar-refractivity contribution in [3.05, 3.63) is 47.4 Å². The number of nitrogens with zero attached hydrogens (tertiary/aromatic N) is 3. The predicted molar refractivity (Wildman–Crippen MR) is 118 cm³/mol. The third-order valence-electron chi connectivity index (χ3n) is 4.13. The molecule has 1 N–H and O–H groups in total. The summed E-state index contributed by atoms with van der Waals surface area (Å²) in [5.41, 5.74) is -0.929. The summed E-state index contributed by atoms with van der Waals surface area (Å²) in [6.45, 7) is -5.08. The van der Waals surface area contributed by atoms with Gasteiger partial charge in [0.25, 0.3) is 0 Å². The maximum Gasteiger partial charge on any atom is 0.162 e. The lowest BCUT2D eigenvalue weighted by Crippen LogP contribution is -2.37. The smallest absolute Gasteiger partial charge is 0.162 e. The van der Waals surface area contributed by atoms with Crippen LogP contribution in [0.25, 0.3) is 10.9 Å². The van der Waals surface area contributed by atoms with E-state index in [1.54, 1.807) is 0 Å². The summed E-state index contributed by atoms with van der Waals surface area (Å²) in [6.07, 6.45) is -0.591. The first-order valence-electron chi connectivity index (χ1n) is 15.5. The van der Waals surface area contributed by atoms with Gasteiger partial charge in [-0.2, -0.15) is 0 Å². The topological polar surface area (TPSA) is 68.7 Å². The Labute approximate surface area is 203 Å². The zero-order valence-electron chi connectivity index (χ0n) is 28.9. The van der Waals surface area contributed by atoms with Gasteiger partial charge in [0.2, 0.25) is 0 Å². The van der Waals surface area contributed by atoms with Gasteiger partial charge in [0.1, 0.15) is 19.3 Å². The Morgan fingerprint density at radius 3 is 3.00 bits per heavy atom. The van der Waals surface area contributed by atoms with Gasteiger partial charge in [-0.3, -0.25) is 4.90 Å². The lowest BCUT2D eigenvalue weighted by Gasteiger charge is -2.26. The molecule has 0 bridgehead atoms. The number of rotatable bonds is 8. The molecule has 1 aromatic heterocycles. The molecule has 7 nitrogen and oxygen atoms in total. The molecule has 4 rings (SSSR count). The van der Waals surface area contributed by atoms with E-state index in [1.165, 1.54) is 4.90 Å². The van der Waals surface area contributed by atoms with Crippen LogP contribution in [0.2, 0.25) is 5.02 Å². The molecule has 0 aliphatic carbocycles. The molecule has 9 heteroatoms. The van der Waals surface area contributed by atoms with Crippen LogP contribution in [0.3, 0.4) is 0 Å². The number of hydrogen-bond donors (Lipinski definition) is 1. The summed E-state index contributed by atoms with van der Waals surface area (Å²) >= 11 is 5.81. The number of halogens is 2. The summed E-state index contributed by atoms with van der Waals surface area (Å²) in [5.74, 6) is -2.97. The molecule has 0 amide bonds. The number of nitrogens with one attached hydrogen (secondary N) is 1. The second kappa shape index (κ2) is 10.1. The zero-order chi connectivity index (χ0) is 32.9. The molecule has 31 heavy (non-hydrogen) atoms. The maximum atomic E-state index is 14.2. The van der Waals surface area contributed by atoms with Crippen molar-refractivity contribution in [1.82, 2.24) is 14.9 Å². The zero-order valence-corrected chi connectivity index (χ0v) is 16.6. The number of hydrogen-bond acceptors (Lipinski definition) is 7. The SMILES string of the molecule is [2H]c1nc(Nc2c([2H])c([2H])c(F)c(Cl)c2[2H])c2c([2H])c(OCCCN3CC([2H])([2H])OC([2H])([2H])C3)c(OC([2H])([2H])[2H])c([2H])c2n1. The van der Waals surface area contributed by atoms with Crippen molar-refractivity contribution in [1.29, 1.82) is 0 Å². The van der Waals surface area contributed by atoms with Gasteiger partial charge >= 0.3 is 0 Å². The van der Waals surface area contributed by atoms with Crippen LogP contribution >= 0.6 is 11.6 Å². The van der Waals surface area contributed by atoms with Crippen LogP contribution in [0.1, 0.15) is 24.2 Å². The van der Waals surface area contributed by atoms with Crippen molar-refractivity contribution >= 4 is 34.0 Å². The molecule has 2 aromatic carbocycles. The monoisotopic (exact) mass is 459 g/mol. The summed E-state index contributed by atoms with van der Waals surface area (Å²) < 4.78 is 133. The maximum absolute atomic E-state index is 14.2. The summed E-state index contributed by atoms with van der Waals surface area (Å²) in [5, 5.41) is 1.41. The highest BCUT2D eigenvalue weighted by Gasteiger charge is 2.14. The Kier molecular flexibility index (Phi) is 3.50. The first-order chi connectivity index (χ1) is 20.2. The Bertz CT molecular complexity index is 1570. The van der Waals surface area contributed by atoms with Gasteiger partial charge in [0.15, 0.2) is 11.5 Å². The van der Waals surface area contributed by atoms with E-state index < -0.39 is 96.0 Å². The van der Waals surface area contributed by atoms with Crippen molar-refractivity contribution in [2.24, 2.45) is 0 Å². The number of benzene rings is 2. The Balaban J connectivity index is 1.75. The molecule has 0 unspecified atom stereocenters. The van der Waals surface area contributed by atoms with Gasteiger partial charge in [0, 0.05) is 36.8 Å². The van der Waals surface area contributed by atoms with Gasteiger partial charge < -0.3 is 19.5 Å². The number of ether oxygens (including phenoxy) is 3. The molecule has 1 saturated heterocycles. The molecule has 2 heterocycles. The van der Waals surface area contributed by atoms with E-state index >= 15 is 0 Å². The fraction of sp³-hybridized carbons (Fsp3) is 0.364. The molecule has 1 aliphatic rings. The molecule has 0 spiro atoms. The van der Waals surface area contributed by atoms with Gasteiger partial charge in [0.05, 0.1) is 53.8 Å². The van der Waals surface area contributed by atoms with E-state index in [4.69, 9.17) is 43.6 Å². The average Bonchev–Trinajstić information content (AvgIpc) is 2.88. The lowest BCUT2D eigenvalue weighted by molar-refractivity contribution is 0.0357. The molecular weight excluding hydrogens is 423 g/mol. The minimum Gasteiger partial charge on any atom is -0.493 e. The van der Waals surface area contributed by atoms with Gasteiger partial charge in [-0.1, -0.05) is 11.6 Å². The summed E-state index contributed by atoms with van der Waals surface area (Å²) in [7, 11) is -3.10. The van der Waals surface area contributed by atoms with Crippen molar-refractivity contribution in [3.63, 3.8) is 0 Å². The highest BCUT2D eigenvalue weighted by molar-refractivity contribution is 6.31. The molecule has 0 atom stereocenters. The van der Waals surface area contributed by atoms with Crippen LogP contribution in [0.4, 0.5) is 15.9 Å². The van der Waals surface area contributed by atoms with Gasteiger partial charge in [-0.25, -0.2) is 14.4 Å². The van der Waals surface area contributed by atoms with Crippen molar-refractivity contribution in [2.75, 3.05) is 51.7 Å². The number of aromatic nitrogens is 2. The van der Waals surface area contributed by atoms with E-state index in [0.717, 1.165) is 0 Å².